The first-order valence-corrected chi connectivity index (χ1v) is 22.8. The number of benzene rings is 11. The molecule has 0 bridgehead atoms. The van der Waals surface area contributed by atoms with Crippen molar-refractivity contribution in [2.24, 2.45) is 0 Å². The molecule has 0 amide bonds. The van der Waals surface area contributed by atoms with Gasteiger partial charge in [0.2, 0.25) is 0 Å². The van der Waals surface area contributed by atoms with Crippen molar-refractivity contribution in [1.29, 1.82) is 0 Å². The lowest BCUT2D eigenvalue weighted by Crippen LogP contribution is -2.02. The molecule has 67 heavy (non-hydrogen) atoms. The van der Waals surface area contributed by atoms with Gasteiger partial charge in [0.25, 0.3) is 0 Å². The molecule has 0 fully saturated rings. The van der Waals surface area contributed by atoms with Gasteiger partial charge in [0.1, 0.15) is 0 Å². The third kappa shape index (κ3) is 6.65. The predicted octanol–water partition coefficient (Wildman–Crippen LogP) is 16.4. The van der Waals surface area contributed by atoms with E-state index in [4.69, 9.17) is 15.0 Å². The van der Waals surface area contributed by atoms with Crippen LogP contribution in [0.2, 0.25) is 0 Å². The van der Waals surface area contributed by atoms with E-state index in [1.165, 1.54) is 54.2 Å². The maximum Gasteiger partial charge on any atom is 0.164 e. The van der Waals surface area contributed by atoms with Crippen LogP contribution in [0.5, 0.6) is 0 Å². The predicted molar refractivity (Wildman–Crippen MR) is 279 cm³/mol. The molecule has 0 saturated carbocycles. The first-order valence-electron chi connectivity index (χ1n) is 22.8. The first kappa shape index (κ1) is 38.5. The fourth-order valence-electron chi connectivity index (χ4n) is 10.1. The zero-order chi connectivity index (χ0) is 44.3. The molecule has 2 aromatic heterocycles. The minimum Gasteiger partial charge on any atom is -0.309 e. The monoisotopic (exact) mass is 852 g/mol. The lowest BCUT2D eigenvalue weighted by atomic mass is 9.89. The standard InChI is InChI=1S/C63H40N4/c1-2-17-41(18-3-1)50-27-8-9-32-56(50)63-65-61(64-62(66-63)48-25-16-26-49(39-48)67-58-33-12-10-30-53(58)54-31-11-13-34-59(54)67)47-24-15-22-44(38-47)43-21-14-23-46(37-43)60-52-29-7-5-20-45(52)40-57-51-28-6-4-19-42(51)35-36-55(57)60/h1-40H. The SMILES string of the molecule is c1ccc(-c2ccccc2-c2nc(-c3cccc(-c4cccc(-c5c6ccccc6cc6c5ccc5ccccc56)c4)c3)nc(-c3cccc(-n4c5ccccc5c5ccccc54)c3)n2)cc1. The summed E-state index contributed by atoms with van der Waals surface area (Å²) in [6, 6.07) is 86.5. The Morgan fingerprint density at radius 3 is 1.49 bits per heavy atom. The number of hydrogen-bond acceptors (Lipinski definition) is 3. The van der Waals surface area contributed by atoms with Crippen molar-refractivity contribution in [3.05, 3.63) is 243 Å². The van der Waals surface area contributed by atoms with Crippen LogP contribution in [0.4, 0.5) is 0 Å². The van der Waals surface area contributed by atoms with Crippen molar-refractivity contribution in [2.75, 3.05) is 0 Å². The van der Waals surface area contributed by atoms with Gasteiger partial charge in [-0.15, -0.1) is 0 Å². The molecule has 11 aromatic carbocycles. The highest BCUT2D eigenvalue weighted by molar-refractivity contribution is 6.20. The second kappa shape index (κ2) is 15.9. The quantitative estimate of drug-likeness (QED) is 0.118. The van der Waals surface area contributed by atoms with Gasteiger partial charge < -0.3 is 4.57 Å². The lowest BCUT2D eigenvalue weighted by Gasteiger charge is -2.15. The molecule has 4 nitrogen and oxygen atoms in total. The van der Waals surface area contributed by atoms with Gasteiger partial charge in [-0.05, 0) is 108 Å². The fourth-order valence-corrected chi connectivity index (χ4v) is 10.1. The molecule has 0 aliphatic carbocycles. The molecule has 2 heterocycles. The Balaban J connectivity index is 0.969. The van der Waals surface area contributed by atoms with Crippen LogP contribution in [0.15, 0.2) is 243 Å². The van der Waals surface area contributed by atoms with Gasteiger partial charge in [-0.3, -0.25) is 0 Å². The van der Waals surface area contributed by atoms with Crippen molar-refractivity contribution in [3.8, 4) is 73.2 Å². The third-order valence-electron chi connectivity index (χ3n) is 13.2. The number of para-hydroxylation sites is 2. The summed E-state index contributed by atoms with van der Waals surface area (Å²) in [6.45, 7) is 0. The van der Waals surface area contributed by atoms with Gasteiger partial charge in [0.15, 0.2) is 17.5 Å². The van der Waals surface area contributed by atoms with Crippen LogP contribution in [0.25, 0.3) is 127 Å². The molecule has 13 rings (SSSR count). The van der Waals surface area contributed by atoms with E-state index in [-0.39, 0.29) is 0 Å². The molecule has 13 aromatic rings. The van der Waals surface area contributed by atoms with Gasteiger partial charge in [0, 0.05) is 33.2 Å². The van der Waals surface area contributed by atoms with Gasteiger partial charge in [-0.1, -0.05) is 200 Å². The molecule has 0 saturated heterocycles. The lowest BCUT2D eigenvalue weighted by molar-refractivity contribution is 1.07. The summed E-state index contributed by atoms with van der Waals surface area (Å²) < 4.78 is 2.34. The topological polar surface area (TPSA) is 43.6 Å². The fraction of sp³-hybridized carbons (Fsp3) is 0. The maximum atomic E-state index is 5.31. The highest BCUT2D eigenvalue weighted by Gasteiger charge is 2.19. The molecule has 4 heteroatoms. The van der Waals surface area contributed by atoms with Crippen molar-refractivity contribution < 1.29 is 0 Å². The zero-order valence-corrected chi connectivity index (χ0v) is 36.4. The van der Waals surface area contributed by atoms with E-state index in [1.54, 1.807) is 0 Å². The zero-order valence-electron chi connectivity index (χ0n) is 36.4. The second-order valence-electron chi connectivity index (χ2n) is 17.2. The van der Waals surface area contributed by atoms with E-state index in [1.807, 2.05) is 6.07 Å². The van der Waals surface area contributed by atoms with Gasteiger partial charge in [-0.2, -0.15) is 0 Å². The van der Waals surface area contributed by atoms with E-state index in [9.17, 15) is 0 Å². The Labute approximate surface area is 387 Å². The van der Waals surface area contributed by atoms with E-state index in [0.717, 1.165) is 55.7 Å². The van der Waals surface area contributed by atoms with Crippen LogP contribution >= 0.6 is 0 Å². The Bertz CT molecular complexity index is 4000. The summed E-state index contributed by atoms with van der Waals surface area (Å²) >= 11 is 0. The minimum atomic E-state index is 0.605. The van der Waals surface area contributed by atoms with E-state index in [0.29, 0.717) is 17.5 Å². The highest BCUT2D eigenvalue weighted by Crippen LogP contribution is 2.41. The van der Waals surface area contributed by atoms with Crippen LogP contribution < -0.4 is 0 Å². The van der Waals surface area contributed by atoms with Crippen LogP contribution in [0.3, 0.4) is 0 Å². The van der Waals surface area contributed by atoms with Crippen LogP contribution in [-0.2, 0) is 0 Å². The van der Waals surface area contributed by atoms with Crippen molar-refractivity contribution in [2.45, 2.75) is 0 Å². The summed E-state index contributed by atoms with van der Waals surface area (Å²) in [5.74, 6) is 1.83. The molecular weight excluding hydrogens is 813 g/mol. The summed E-state index contributed by atoms with van der Waals surface area (Å²) in [4.78, 5) is 15.9. The van der Waals surface area contributed by atoms with Gasteiger partial charge in [-0.25, -0.2) is 15.0 Å². The van der Waals surface area contributed by atoms with Crippen LogP contribution in [0.1, 0.15) is 0 Å². The summed E-state index contributed by atoms with van der Waals surface area (Å²) in [7, 11) is 0. The second-order valence-corrected chi connectivity index (χ2v) is 17.2. The Morgan fingerprint density at radius 1 is 0.254 bits per heavy atom. The average molecular weight is 853 g/mol. The number of aromatic nitrogens is 4. The summed E-state index contributed by atoms with van der Waals surface area (Å²) in [5, 5.41) is 9.90. The molecular formula is C63H40N4. The largest absolute Gasteiger partial charge is 0.309 e. The average Bonchev–Trinajstić information content (AvgIpc) is 3.75. The van der Waals surface area contributed by atoms with Gasteiger partial charge >= 0.3 is 0 Å². The smallest absolute Gasteiger partial charge is 0.164 e. The van der Waals surface area contributed by atoms with Crippen molar-refractivity contribution in [1.82, 2.24) is 19.5 Å². The minimum absolute atomic E-state index is 0.605. The number of rotatable bonds is 7. The van der Waals surface area contributed by atoms with Crippen LogP contribution in [-0.4, -0.2) is 19.5 Å². The van der Waals surface area contributed by atoms with Crippen molar-refractivity contribution >= 4 is 54.1 Å². The van der Waals surface area contributed by atoms with Crippen LogP contribution in [0, 0.1) is 0 Å². The van der Waals surface area contributed by atoms with Crippen molar-refractivity contribution in [3.63, 3.8) is 0 Å². The number of fused-ring (bicyclic) bond motifs is 7. The Hall–Kier alpha value is -8.99. The molecule has 0 unspecified atom stereocenters. The molecule has 312 valence electrons. The maximum absolute atomic E-state index is 5.31. The van der Waals surface area contributed by atoms with E-state index >= 15 is 0 Å². The van der Waals surface area contributed by atoms with Gasteiger partial charge in [0.05, 0.1) is 11.0 Å². The molecule has 0 aliphatic rings. The number of hydrogen-bond donors (Lipinski definition) is 0. The Morgan fingerprint density at radius 2 is 0.761 bits per heavy atom. The highest BCUT2D eigenvalue weighted by atomic mass is 15.0. The molecule has 0 aliphatic heterocycles. The first-order chi connectivity index (χ1) is 33.2. The molecule has 0 N–H and O–H groups in total. The summed E-state index contributed by atoms with van der Waals surface area (Å²) in [5.41, 5.74) is 12.9. The Kier molecular flexibility index (Phi) is 9.14. The summed E-state index contributed by atoms with van der Waals surface area (Å²) in [6.07, 6.45) is 0. The third-order valence-corrected chi connectivity index (χ3v) is 13.2. The molecule has 0 spiro atoms. The normalized spacial score (nSPS) is 11.6. The molecule has 0 atom stereocenters. The molecule has 0 radical (unpaired) electrons. The number of nitrogens with zero attached hydrogens (tertiary/aromatic N) is 4. The van der Waals surface area contributed by atoms with E-state index in [2.05, 4.69) is 241 Å². The van der Waals surface area contributed by atoms with E-state index < -0.39 is 0 Å².